The molecular weight excluding hydrogens is 380 g/mol. The van der Waals surface area contributed by atoms with Crippen molar-refractivity contribution in [2.24, 2.45) is 0 Å². The zero-order valence-electron chi connectivity index (χ0n) is 12.1. The third kappa shape index (κ3) is 3.93. The zero-order valence-corrected chi connectivity index (χ0v) is 14.4. The Hall–Kier alpha value is -1.82. The first-order valence-corrected chi connectivity index (χ1v) is 8.16. The summed E-state index contributed by atoms with van der Waals surface area (Å²) in [6.45, 7) is 0.379. The molecule has 0 saturated carbocycles. The maximum absolute atomic E-state index is 9.18. The van der Waals surface area contributed by atoms with Gasteiger partial charge in [0.05, 0.1) is 30.1 Å². The molecule has 0 atom stereocenters. The quantitative estimate of drug-likeness (QED) is 0.650. The fourth-order valence-corrected chi connectivity index (χ4v) is 2.57. The Kier molecular flexibility index (Phi) is 5.00. The van der Waals surface area contributed by atoms with Gasteiger partial charge in [0, 0.05) is 10.0 Å². The van der Waals surface area contributed by atoms with Crippen molar-refractivity contribution in [2.75, 3.05) is 5.32 Å². The minimum atomic E-state index is -0.0292. The average Bonchev–Trinajstić information content (AvgIpc) is 3.04. The molecule has 0 aliphatic carbocycles. The average molecular weight is 394 g/mol. The molecule has 0 saturated heterocycles. The maximum atomic E-state index is 9.18. The van der Waals surface area contributed by atoms with Crippen LogP contribution in [0.15, 0.2) is 57.6 Å². The van der Waals surface area contributed by atoms with Gasteiger partial charge in [-0.25, -0.2) is 4.98 Å². The van der Waals surface area contributed by atoms with Crippen LogP contribution in [0.5, 0.6) is 0 Å². The molecule has 0 aliphatic rings. The van der Waals surface area contributed by atoms with Crippen LogP contribution in [0.2, 0.25) is 5.02 Å². The summed E-state index contributed by atoms with van der Waals surface area (Å²) in [7, 11) is 0. The highest BCUT2D eigenvalue weighted by Crippen LogP contribution is 2.25. The Labute approximate surface area is 147 Å². The summed E-state index contributed by atoms with van der Waals surface area (Å²) in [5, 5.41) is 12.9. The van der Waals surface area contributed by atoms with E-state index in [0.29, 0.717) is 23.2 Å². The lowest BCUT2D eigenvalue weighted by Crippen LogP contribution is -2.00. The van der Waals surface area contributed by atoms with E-state index in [2.05, 4.69) is 26.2 Å². The number of aliphatic hydroxyl groups excluding tert-OH is 1. The summed E-state index contributed by atoms with van der Waals surface area (Å²) < 4.78 is 6.76. The van der Waals surface area contributed by atoms with Gasteiger partial charge in [0.25, 0.3) is 0 Å². The van der Waals surface area contributed by atoms with E-state index in [9.17, 15) is 5.11 Å². The van der Waals surface area contributed by atoms with Crippen molar-refractivity contribution in [2.45, 2.75) is 13.2 Å². The number of nitrogens with zero attached hydrogens (tertiary/aromatic N) is 1. The number of aliphatic hydroxyl groups is 1. The van der Waals surface area contributed by atoms with Gasteiger partial charge < -0.3 is 14.8 Å². The third-order valence-electron chi connectivity index (χ3n) is 3.33. The number of rotatable bonds is 5. The molecule has 1 heterocycles. The molecule has 0 unspecified atom stereocenters. The molecule has 0 aliphatic heterocycles. The second-order valence-electron chi connectivity index (χ2n) is 4.95. The van der Waals surface area contributed by atoms with E-state index < -0.39 is 0 Å². The Morgan fingerprint density at radius 1 is 1.17 bits per heavy atom. The molecule has 118 valence electrons. The largest absolute Gasteiger partial charge is 0.439 e. The fraction of sp³-hybridized carbons (Fsp3) is 0.118. The van der Waals surface area contributed by atoms with Gasteiger partial charge >= 0.3 is 0 Å². The minimum Gasteiger partial charge on any atom is -0.439 e. The number of hydrogen-bond donors (Lipinski definition) is 2. The van der Waals surface area contributed by atoms with E-state index in [1.165, 1.54) is 0 Å². The summed E-state index contributed by atoms with van der Waals surface area (Å²) in [5.74, 6) is 1.28. The van der Waals surface area contributed by atoms with Crippen molar-refractivity contribution in [3.05, 3.63) is 69.6 Å². The highest BCUT2D eigenvalue weighted by Gasteiger charge is 2.08. The molecule has 3 rings (SSSR count). The van der Waals surface area contributed by atoms with Gasteiger partial charge in [-0.2, -0.15) is 0 Å². The number of hydrogen-bond acceptors (Lipinski definition) is 4. The van der Waals surface area contributed by atoms with Crippen molar-refractivity contribution in [3.63, 3.8) is 0 Å². The molecule has 2 aromatic carbocycles. The van der Waals surface area contributed by atoms with Crippen LogP contribution in [0.3, 0.4) is 0 Å². The summed E-state index contributed by atoms with van der Waals surface area (Å²) in [5.41, 5.74) is 2.49. The van der Waals surface area contributed by atoms with E-state index in [0.717, 1.165) is 21.3 Å². The highest BCUT2D eigenvalue weighted by molar-refractivity contribution is 9.10. The lowest BCUT2D eigenvalue weighted by molar-refractivity contribution is 0.282. The Morgan fingerprint density at radius 3 is 2.70 bits per heavy atom. The molecular formula is C17H14BrClN2O2. The second-order valence-corrected chi connectivity index (χ2v) is 6.27. The smallest absolute Gasteiger partial charge is 0.214 e. The SMILES string of the molecule is OCc1ccc(Cl)c(NCc2ncc(-c3ccc(Br)cc3)o2)c1. The van der Waals surface area contributed by atoms with Crippen LogP contribution in [0.1, 0.15) is 11.5 Å². The van der Waals surface area contributed by atoms with E-state index in [-0.39, 0.29) is 6.61 Å². The third-order valence-corrected chi connectivity index (χ3v) is 4.18. The number of nitrogens with one attached hydrogen (secondary N) is 1. The van der Waals surface area contributed by atoms with Crippen LogP contribution >= 0.6 is 27.5 Å². The normalized spacial score (nSPS) is 10.7. The second kappa shape index (κ2) is 7.17. The van der Waals surface area contributed by atoms with Crippen molar-refractivity contribution >= 4 is 33.2 Å². The Morgan fingerprint density at radius 2 is 1.96 bits per heavy atom. The van der Waals surface area contributed by atoms with Gasteiger partial charge in [-0.1, -0.05) is 45.7 Å². The van der Waals surface area contributed by atoms with Crippen molar-refractivity contribution in [1.29, 1.82) is 0 Å². The number of benzene rings is 2. The fourth-order valence-electron chi connectivity index (χ4n) is 2.12. The number of anilines is 1. The molecule has 4 nitrogen and oxygen atoms in total. The topological polar surface area (TPSA) is 58.3 Å². The van der Waals surface area contributed by atoms with Crippen LogP contribution in [-0.2, 0) is 13.2 Å². The molecule has 0 fully saturated rings. The van der Waals surface area contributed by atoms with Gasteiger partial charge in [0.1, 0.15) is 0 Å². The van der Waals surface area contributed by atoms with Gasteiger partial charge in [0.2, 0.25) is 5.89 Å². The van der Waals surface area contributed by atoms with Crippen LogP contribution in [0.4, 0.5) is 5.69 Å². The van der Waals surface area contributed by atoms with Crippen molar-refractivity contribution in [1.82, 2.24) is 4.98 Å². The van der Waals surface area contributed by atoms with E-state index in [1.54, 1.807) is 24.4 Å². The standard InChI is InChI=1S/C17H14BrClN2O2/c18-13-4-2-12(3-5-13)16-8-21-17(23-16)9-20-15-7-11(10-22)1-6-14(15)19/h1-8,20,22H,9-10H2. The van der Waals surface area contributed by atoms with Gasteiger partial charge in [-0.15, -0.1) is 0 Å². The zero-order chi connectivity index (χ0) is 16.2. The van der Waals surface area contributed by atoms with Crippen LogP contribution in [-0.4, -0.2) is 10.1 Å². The summed E-state index contributed by atoms with van der Waals surface area (Å²) in [6, 6.07) is 13.2. The highest BCUT2D eigenvalue weighted by atomic mass is 79.9. The number of aromatic nitrogens is 1. The predicted molar refractivity (Wildman–Crippen MR) is 94.3 cm³/mol. The predicted octanol–water partition coefficient (Wildman–Crippen LogP) is 4.86. The van der Waals surface area contributed by atoms with Crippen LogP contribution in [0, 0.1) is 0 Å². The monoisotopic (exact) mass is 392 g/mol. The minimum absolute atomic E-state index is 0.0292. The Bertz CT molecular complexity index is 803. The lowest BCUT2D eigenvalue weighted by Gasteiger charge is -2.08. The first-order chi connectivity index (χ1) is 11.2. The number of oxazole rings is 1. The molecule has 23 heavy (non-hydrogen) atoms. The van der Waals surface area contributed by atoms with E-state index in [1.807, 2.05) is 24.3 Å². The molecule has 1 aromatic heterocycles. The van der Waals surface area contributed by atoms with E-state index in [4.69, 9.17) is 16.0 Å². The summed E-state index contributed by atoms with van der Waals surface area (Å²) in [6.07, 6.45) is 1.70. The van der Waals surface area contributed by atoms with Crippen molar-refractivity contribution in [3.8, 4) is 11.3 Å². The molecule has 0 amide bonds. The first-order valence-electron chi connectivity index (χ1n) is 6.99. The lowest BCUT2D eigenvalue weighted by atomic mass is 10.2. The van der Waals surface area contributed by atoms with Crippen molar-refractivity contribution < 1.29 is 9.52 Å². The van der Waals surface area contributed by atoms with Crippen LogP contribution < -0.4 is 5.32 Å². The summed E-state index contributed by atoms with van der Waals surface area (Å²) in [4.78, 5) is 4.27. The molecule has 0 bridgehead atoms. The summed E-state index contributed by atoms with van der Waals surface area (Å²) >= 11 is 9.54. The molecule has 0 radical (unpaired) electrons. The van der Waals surface area contributed by atoms with Gasteiger partial charge in [-0.3, -0.25) is 0 Å². The molecule has 3 aromatic rings. The van der Waals surface area contributed by atoms with Gasteiger partial charge in [-0.05, 0) is 29.8 Å². The Balaban J connectivity index is 1.71. The number of halogens is 2. The molecule has 6 heteroatoms. The first kappa shape index (κ1) is 16.1. The molecule has 0 spiro atoms. The van der Waals surface area contributed by atoms with Crippen LogP contribution in [0.25, 0.3) is 11.3 Å². The molecule has 2 N–H and O–H groups in total. The van der Waals surface area contributed by atoms with Gasteiger partial charge in [0.15, 0.2) is 5.76 Å². The van der Waals surface area contributed by atoms with E-state index >= 15 is 0 Å². The maximum Gasteiger partial charge on any atom is 0.214 e.